The van der Waals surface area contributed by atoms with Gasteiger partial charge in [-0.15, -0.1) is 0 Å². The normalized spacial score (nSPS) is 19.0. The van der Waals surface area contributed by atoms with Crippen LogP contribution in [-0.2, 0) is 9.59 Å². The number of para-hydroxylation sites is 1. The molecule has 1 fully saturated rings. The molecule has 0 aliphatic carbocycles. The van der Waals surface area contributed by atoms with Crippen molar-refractivity contribution < 1.29 is 14.0 Å². The number of aliphatic imine (C=N–C) groups is 1. The van der Waals surface area contributed by atoms with Crippen LogP contribution in [0.4, 0.5) is 10.1 Å². The van der Waals surface area contributed by atoms with Crippen molar-refractivity contribution >= 4 is 34.4 Å². The van der Waals surface area contributed by atoms with E-state index in [0.29, 0.717) is 27.7 Å². The van der Waals surface area contributed by atoms with Crippen molar-refractivity contribution in [2.75, 3.05) is 11.1 Å². The lowest BCUT2D eigenvalue weighted by Crippen LogP contribution is -2.40. The minimum atomic E-state index is -0.635. The summed E-state index contributed by atoms with van der Waals surface area (Å²) in [4.78, 5) is 31.5. The first-order valence-electron chi connectivity index (χ1n) is 8.41. The number of allylic oxidation sites excluding steroid dienone is 1. The Morgan fingerprint density at radius 2 is 1.89 bits per heavy atom. The Balaban J connectivity index is 1.78. The molecule has 1 N–H and O–H groups in total. The molecule has 2 heterocycles. The maximum absolute atomic E-state index is 13.4. The van der Waals surface area contributed by atoms with Crippen molar-refractivity contribution in [3.63, 3.8) is 0 Å². The molecule has 0 saturated carbocycles. The standard InChI is InChI=1S/C20H16FN3O2S/c1-12-17(19(26)23-15-5-3-2-4-6-15)18(13-7-9-14(21)10-8-13)24-16(25)11-27-20(24)22-12/h2-10,18H,11H2,1H3,(H,23,26)/t18-/m0/s1. The van der Waals surface area contributed by atoms with Crippen molar-refractivity contribution in [2.45, 2.75) is 13.0 Å². The van der Waals surface area contributed by atoms with Crippen molar-refractivity contribution in [2.24, 2.45) is 4.99 Å². The van der Waals surface area contributed by atoms with Crippen LogP contribution < -0.4 is 5.32 Å². The maximum Gasteiger partial charge on any atom is 0.255 e. The van der Waals surface area contributed by atoms with E-state index in [-0.39, 0.29) is 23.4 Å². The fraction of sp³-hybridized carbons (Fsp3) is 0.150. The first kappa shape index (κ1) is 17.5. The number of nitrogens with one attached hydrogen (secondary N) is 1. The first-order valence-corrected chi connectivity index (χ1v) is 9.39. The van der Waals surface area contributed by atoms with Crippen LogP contribution in [0.25, 0.3) is 0 Å². The fourth-order valence-corrected chi connectivity index (χ4v) is 4.15. The summed E-state index contributed by atoms with van der Waals surface area (Å²) in [6.45, 7) is 1.75. The van der Waals surface area contributed by atoms with E-state index in [1.807, 2.05) is 18.2 Å². The highest BCUT2D eigenvalue weighted by molar-refractivity contribution is 8.15. The van der Waals surface area contributed by atoms with E-state index in [0.717, 1.165) is 0 Å². The average molecular weight is 381 g/mol. The third-order valence-electron chi connectivity index (χ3n) is 4.45. The number of carbonyl (C=O) groups excluding carboxylic acids is 2. The molecule has 4 rings (SSSR count). The summed E-state index contributed by atoms with van der Waals surface area (Å²) in [7, 11) is 0. The number of amidine groups is 1. The topological polar surface area (TPSA) is 61.8 Å². The van der Waals surface area contributed by atoms with Crippen LogP contribution in [0.2, 0.25) is 0 Å². The second-order valence-corrected chi connectivity index (χ2v) is 7.16. The molecule has 136 valence electrons. The SMILES string of the molecule is CC1=C(C(=O)Nc2ccccc2)[C@H](c2ccc(F)cc2)N2C(=O)CSC2=N1. The first-order chi connectivity index (χ1) is 13.0. The lowest BCUT2D eigenvalue weighted by atomic mass is 9.93. The summed E-state index contributed by atoms with van der Waals surface area (Å²) in [5.74, 6) is -0.551. The lowest BCUT2D eigenvalue weighted by molar-refractivity contribution is -0.125. The molecule has 1 saturated heterocycles. The van der Waals surface area contributed by atoms with Gasteiger partial charge in [0.15, 0.2) is 5.17 Å². The third-order valence-corrected chi connectivity index (χ3v) is 5.38. The van der Waals surface area contributed by atoms with Gasteiger partial charge in [-0.1, -0.05) is 42.1 Å². The number of amides is 2. The van der Waals surface area contributed by atoms with Gasteiger partial charge in [0.1, 0.15) is 5.82 Å². The van der Waals surface area contributed by atoms with Gasteiger partial charge in [0, 0.05) is 5.69 Å². The van der Waals surface area contributed by atoms with Crippen molar-refractivity contribution in [1.29, 1.82) is 0 Å². The number of thioether (sulfide) groups is 1. The van der Waals surface area contributed by atoms with Crippen molar-refractivity contribution in [3.8, 4) is 0 Å². The van der Waals surface area contributed by atoms with Crippen LogP contribution in [0.5, 0.6) is 0 Å². The summed E-state index contributed by atoms with van der Waals surface area (Å²) in [5.41, 5.74) is 2.24. The van der Waals surface area contributed by atoms with E-state index in [4.69, 9.17) is 0 Å². The second-order valence-electron chi connectivity index (χ2n) is 6.22. The Bertz CT molecular complexity index is 970. The van der Waals surface area contributed by atoms with Gasteiger partial charge in [0.05, 0.1) is 23.1 Å². The van der Waals surface area contributed by atoms with Crippen LogP contribution in [0.3, 0.4) is 0 Å². The second kappa shape index (κ2) is 7.00. The molecule has 2 aromatic carbocycles. The molecular weight excluding hydrogens is 365 g/mol. The molecule has 0 unspecified atom stereocenters. The molecule has 0 spiro atoms. The van der Waals surface area contributed by atoms with E-state index in [9.17, 15) is 14.0 Å². The van der Waals surface area contributed by atoms with Gasteiger partial charge in [0.25, 0.3) is 5.91 Å². The summed E-state index contributed by atoms with van der Waals surface area (Å²) < 4.78 is 13.4. The summed E-state index contributed by atoms with van der Waals surface area (Å²) >= 11 is 1.34. The van der Waals surface area contributed by atoms with Gasteiger partial charge in [-0.05, 0) is 36.8 Å². The Morgan fingerprint density at radius 3 is 2.59 bits per heavy atom. The molecule has 1 atom stereocenters. The number of carbonyl (C=O) groups is 2. The molecule has 0 bridgehead atoms. The van der Waals surface area contributed by atoms with Gasteiger partial charge in [-0.3, -0.25) is 14.5 Å². The summed E-state index contributed by atoms with van der Waals surface area (Å²) in [5, 5.41) is 3.44. The highest BCUT2D eigenvalue weighted by atomic mass is 32.2. The van der Waals surface area contributed by atoms with Crippen molar-refractivity contribution in [3.05, 3.63) is 77.2 Å². The molecule has 5 nitrogen and oxygen atoms in total. The zero-order chi connectivity index (χ0) is 19.0. The minimum absolute atomic E-state index is 0.120. The van der Waals surface area contributed by atoms with Gasteiger partial charge in [-0.2, -0.15) is 0 Å². The highest BCUT2D eigenvalue weighted by Gasteiger charge is 2.42. The monoisotopic (exact) mass is 381 g/mol. The van der Waals surface area contributed by atoms with E-state index in [2.05, 4.69) is 10.3 Å². The Hall–Kier alpha value is -2.93. The van der Waals surface area contributed by atoms with E-state index < -0.39 is 6.04 Å². The van der Waals surface area contributed by atoms with E-state index in [1.54, 1.807) is 31.2 Å². The fourth-order valence-electron chi connectivity index (χ4n) is 3.21. The predicted molar refractivity (Wildman–Crippen MR) is 104 cm³/mol. The average Bonchev–Trinajstić information content (AvgIpc) is 3.02. The molecule has 27 heavy (non-hydrogen) atoms. The zero-order valence-electron chi connectivity index (χ0n) is 14.5. The molecule has 2 aromatic rings. The quantitative estimate of drug-likeness (QED) is 0.881. The molecule has 0 radical (unpaired) electrons. The molecule has 0 aromatic heterocycles. The number of benzene rings is 2. The number of fused-ring (bicyclic) bond motifs is 1. The molecule has 2 amide bonds. The van der Waals surface area contributed by atoms with E-state index in [1.165, 1.54) is 28.8 Å². The number of hydrogen-bond acceptors (Lipinski definition) is 4. The number of hydrogen-bond donors (Lipinski definition) is 1. The number of anilines is 1. The molecule has 7 heteroatoms. The van der Waals surface area contributed by atoms with Gasteiger partial charge >= 0.3 is 0 Å². The van der Waals surface area contributed by atoms with E-state index >= 15 is 0 Å². The molecule has 2 aliphatic heterocycles. The Labute approximate surface area is 160 Å². The van der Waals surface area contributed by atoms with Crippen LogP contribution in [0, 0.1) is 5.82 Å². The smallest absolute Gasteiger partial charge is 0.255 e. The Kier molecular flexibility index (Phi) is 4.53. The van der Waals surface area contributed by atoms with Gasteiger partial charge in [0.2, 0.25) is 5.91 Å². The largest absolute Gasteiger partial charge is 0.322 e. The number of rotatable bonds is 3. The Morgan fingerprint density at radius 1 is 1.19 bits per heavy atom. The van der Waals surface area contributed by atoms with Crippen LogP contribution in [-0.4, -0.2) is 27.6 Å². The van der Waals surface area contributed by atoms with Gasteiger partial charge < -0.3 is 5.32 Å². The van der Waals surface area contributed by atoms with Gasteiger partial charge in [-0.25, -0.2) is 9.38 Å². The zero-order valence-corrected chi connectivity index (χ0v) is 15.3. The van der Waals surface area contributed by atoms with Crippen LogP contribution >= 0.6 is 11.8 Å². The lowest BCUT2D eigenvalue weighted by Gasteiger charge is -2.33. The minimum Gasteiger partial charge on any atom is -0.322 e. The number of nitrogens with zero attached hydrogens (tertiary/aromatic N) is 2. The van der Waals surface area contributed by atoms with Crippen LogP contribution in [0.1, 0.15) is 18.5 Å². The molecule has 2 aliphatic rings. The summed E-state index contributed by atoms with van der Waals surface area (Å²) in [6.07, 6.45) is 0. The highest BCUT2D eigenvalue weighted by Crippen LogP contribution is 2.40. The maximum atomic E-state index is 13.4. The predicted octanol–water partition coefficient (Wildman–Crippen LogP) is 3.72. The summed E-state index contributed by atoms with van der Waals surface area (Å²) in [6, 6.07) is 14.3. The third kappa shape index (κ3) is 3.26. The van der Waals surface area contributed by atoms with Crippen LogP contribution in [0.15, 0.2) is 70.9 Å². The molecular formula is C20H16FN3O2S. The number of halogens is 1. The van der Waals surface area contributed by atoms with Crippen molar-refractivity contribution in [1.82, 2.24) is 4.90 Å².